The normalized spacial score (nSPS) is 15.0. The third-order valence-corrected chi connectivity index (χ3v) is 5.23. The van der Waals surface area contributed by atoms with Crippen LogP contribution in [0.1, 0.15) is 10.6 Å². The van der Waals surface area contributed by atoms with Crippen molar-refractivity contribution in [2.24, 2.45) is 0 Å². The first-order valence-corrected chi connectivity index (χ1v) is 8.26. The lowest BCUT2D eigenvalue weighted by Crippen LogP contribution is -2.47. The molecule has 2 heterocycles. The van der Waals surface area contributed by atoms with Crippen LogP contribution in [0.25, 0.3) is 0 Å². The van der Waals surface area contributed by atoms with Crippen molar-refractivity contribution in [1.82, 2.24) is 4.98 Å². The van der Waals surface area contributed by atoms with E-state index in [0.717, 1.165) is 27.8 Å². The van der Waals surface area contributed by atoms with Gasteiger partial charge in [0, 0.05) is 31.1 Å². The number of aromatic nitrogens is 1. The Kier molecular flexibility index (Phi) is 4.35. The summed E-state index contributed by atoms with van der Waals surface area (Å²) in [6.07, 6.45) is 0. The smallest absolute Gasteiger partial charge is 0.275 e. The van der Waals surface area contributed by atoms with Crippen molar-refractivity contribution >= 4 is 27.8 Å². The van der Waals surface area contributed by atoms with Gasteiger partial charge in [-0.15, -0.1) is 11.3 Å². The van der Waals surface area contributed by atoms with E-state index in [2.05, 4.69) is 9.88 Å². The minimum atomic E-state index is -0.906. The number of aryl methyl sites for hydroxylation is 2. The minimum Gasteiger partial charge on any atom is -0.363 e. The molecule has 1 aromatic carbocycles. The first-order chi connectivity index (χ1) is 11.4. The second kappa shape index (κ2) is 6.31. The standard InChI is InChI=1S/C15H16F2N4O2S/c1-9-10(2)24-15(18-9)20-5-3-19(4-6-20)14-12(16)7-11(21(22)23)8-13(14)17/h7-8H,3-6H2,1-2H3. The lowest BCUT2D eigenvalue weighted by atomic mass is 10.2. The highest BCUT2D eigenvalue weighted by Gasteiger charge is 2.26. The quantitative estimate of drug-likeness (QED) is 0.625. The molecule has 24 heavy (non-hydrogen) atoms. The molecular formula is C15H16F2N4O2S. The molecular weight excluding hydrogens is 338 g/mol. The maximum Gasteiger partial charge on any atom is 0.275 e. The zero-order chi connectivity index (χ0) is 17.4. The van der Waals surface area contributed by atoms with Gasteiger partial charge in [-0.25, -0.2) is 13.8 Å². The number of thiazole rings is 1. The molecule has 2 aromatic rings. The topological polar surface area (TPSA) is 62.5 Å². The van der Waals surface area contributed by atoms with Gasteiger partial charge in [-0.1, -0.05) is 0 Å². The SMILES string of the molecule is Cc1nc(N2CCN(c3c(F)cc([N+](=O)[O-])cc3F)CC2)sc1C. The van der Waals surface area contributed by atoms with E-state index in [9.17, 15) is 18.9 Å². The maximum atomic E-state index is 14.1. The first-order valence-electron chi connectivity index (χ1n) is 7.44. The number of nitrogens with zero attached hydrogens (tertiary/aromatic N) is 4. The Morgan fingerprint density at radius 2 is 1.67 bits per heavy atom. The lowest BCUT2D eigenvalue weighted by Gasteiger charge is -2.36. The van der Waals surface area contributed by atoms with Crippen LogP contribution in [0, 0.1) is 35.6 Å². The molecule has 128 valence electrons. The van der Waals surface area contributed by atoms with E-state index in [4.69, 9.17) is 0 Å². The van der Waals surface area contributed by atoms with E-state index in [1.165, 1.54) is 0 Å². The van der Waals surface area contributed by atoms with Crippen LogP contribution in [0.4, 0.5) is 25.3 Å². The number of anilines is 2. The lowest BCUT2D eigenvalue weighted by molar-refractivity contribution is -0.385. The number of non-ortho nitro benzene ring substituents is 1. The molecule has 3 rings (SSSR count). The van der Waals surface area contributed by atoms with Gasteiger partial charge in [0.1, 0.15) is 5.69 Å². The monoisotopic (exact) mass is 354 g/mol. The second-order valence-corrected chi connectivity index (χ2v) is 6.81. The van der Waals surface area contributed by atoms with Crippen molar-refractivity contribution in [2.75, 3.05) is 36.0 Å². The average Bonchev–Trinajstić information content (AvgIpc) is 2.86. The number of hydrogen-bond acceptors (Lipinski definition) is 6. The molecule has 0 N–H and O–H groups in total. The minimum absolute atomic E-state index is 0.202. The van der Waals surface area contributed by atoms with Crippen molar-refractivity contribution in [3.63, 3.8) is 0 Å². The molecule has 0 radical (unpaired) electrons. The fourth-order valence-electron chi connectivity index (χ4n) is 2.67. The molecule has 0 amide bonds. The van der Waals surface area contributed by atoms with Gasteiger partial charge in [-0.2, -0.15) is 0 Å². The van der Waals surface area contributed by atoms with E-state index < -0.39 is 22.2 Å². The summed E-state index contributed by atoms with van der Waals surface area (Å²) >= 11 is 1.60. The van der Waals surface area contributed by atoms with Crippen LogP contribution < -0.4 is 9.80 Å². The Balaban J connectivity index is 1.76. The zero-order valence-corrected chi connectivity index (χ0v) is 14.1. The molecule has 1 aliphatic rings. The largest absolute Gasteiger partial charge is 0.363 e. The molecule has 1 aromatic heterocycles. The molecule has 1 fully saturated rings. The van der Waals surface area contributed by atoms with E-state index in [0.29, 0.717) is 26.2 Å². The molecule has 0 aliphatic carbocycles. The van der Waals surface area contributed by atoms with Gasteiger partial charge in [-0.3, -0.25) is 10.1 Å². The van der Waals surface area contributed by atoms with Gasteiger partial charge in [0.05, 0.1) is 22.7 Å². The van der Waals surface area contributed by atoms with E-state index in [-0.39, 0.29) is 5.69 Å². The summed E-state index contributed by atoms with van der Waals surface area (Å²) in [4.78, 5) is 19.2. The Labute approximate surface area is 141 Å². The highest BCUT2D eigenvalue weighted by atomic mass is 32.1. The molecule has 0 atom stereocenters. The summed E-state index contributed by atoms with van der Waals surface area (Å²) in [7, 11) is 0. The van der Waals surface area contributed by atoms with Gasteiger partial charge in [-0.05, 0) is 13.8 Å². The first kappa shape index (κ1) is 16.6. The third-order valence-electron chi connectivity index (χ3n) is 4.10. The van der Waals surface area contributed by atoms with Crippen LogP contribution >= 0.6 is 11.3 Å². The molecule has 6 nitrogen and oxygen atoms in total. The van der Waals surface area contributed by atoms with Crippen LogP contribution in [0.5, 0.6) is 0 Å². The fraction of sp³-hybridized carbons (Fsp3) is 0.400. The molecule has 0 saturated carbocycles. The maximum absolute atomic E-state index is 14.1. The second-order valence-electron chi connectivity index (χ2n) is 5.63. The number of hydrogen-bond donors (Lipinski definition) is 0. The van der Waals surface area contributed by atoms with E-state index >= 15 is 0 Å². The zero-order valence-electron chi connectivity index (χ0n) is 13.3. The Bertz CT molecular complexity index is 745. The third kappa shape index (κ3) is 3.03. The summed E-state index contributed by atoms with van der Waals surface area (Å²) in [5.41, 5.74) is 0.206. The number of piperazine rings is 1. The Hall–Kier alpha value is -2.29. The number of nitro groups is 1. The van der Waals surface area contributed by atoms with Gasteiger partial charge in [0.25, 0.3) is 5.69 Å². The van der Waals surface area contributed by atoms with Crippen molar-refractivity contribution in [2.45, 2.75) is 13.8 Å². The number of nitro benzene ring substituents is 1. The van der Waals surface area contributed by atoms with E-state index in [1.807, 2.05) is 13.8 Å². The summed E-state index contributed by atoms with van der Waals surface area (Å²) < 4.78 is 28.2. The van der Waals surface area contributed by atoms with Crippen LogP contribution in [-0.2, 0) is 0 Å². The van der Waals surface area contributed by atoms with Crippen LogP contribution in [0.15, 0.2) is 12.1 Å². The molecule has 0 bridgehead atoms. The molecule has 0 spiro atoms. The fourth-order valence-corrected chi connectivity index (χ4v) is 3.63. The molecule has 1 saturated heterocycles. The predicted molar refractivity (Wildman–Crippen MR) is 89.0 cm³/mol. The van der Waals surface area contributed by atoms with Gasteiger partial charge in [0.2, 0.25) is 0 Å². The van der Waals surface area contributed by atoms with E-state index in [1.54, 1.807) is 16.2 Å². The highest BCUT2D eigenvalue weighted by molar-refractivity contribution is 7.15. The summed E-state index contributed by atoms with van der Waals surface area (Å²) in [5.74, 6) is -1.81. The average molecular weight is 354 g/mol. The molecule has 0 unspecified atom stereocenters. The van der Waals surface area contributed by atoms with Crippen molar-refractivity contribution in [1.29, 1.82) is 0 Å². The van der Waals surface area contributed by atoms with Crippen LogP contribution in [0.2, 0.25) is 0 Å². The van der Waals surface area contributed by atoms with Crippen molar-refractivity contribution < 1.29 is 13.7 Å². The Morgan fingerprint density at radius 3 is 2.12 bits per heavy atom. The van der Waals surface area contributed by atoms with Gasteiger partial charge >= 0.3 is 0 Å². The summed E-state index contributed by atoms with van der Waals surface area (Å²) in [6, 6.07) is 1.52. The number of halogens is 2. The van der Waals surface area contributed by atoms with Crippen LogP contribution in [-0.4, -0.2) is 36.1 Å². The summed E-state index contributed by atoms with van der Waals surface area (Å²) in [6.45, 7) is 5.97. The van der Waals surface area contributed by atoms with Crippen LogP contribution in [0.3, 0.4) is 0 Å². The highest BCUT2D eigenvalue weighted by Crippen LogP contribution is 2.31. The molecule has 9 heteroatoms. The number of benzene rings is 1. The van der Waals surface area contributed by atoms with Crippen molar-refractivity contribution in [3.8, 4) is 0 Å². The summed E-state index contributed by atoms with van der Waals surface area (Å²) in [5, 5.41) is 11.6. The predicted octanol–water partition coefficient (Wildman–Crippen LogP) is 3.27. The van der Waals surface area contributed by atoms with Gasteiger partial charge in [0.15, 0.2) is 16.8 Å². The number of rotatable bonds is 3. The van der Waals surface area contributed by atoms with Gasteiger partial charge < -0.3 is 9.80 Å². The molecule has 1 aliphatic heterocycles. The Morgan fingerprint density at radius 1 is 1.12 bits per heavy atom. The van der Waals surface area contributed by atoms with Crippen molar-refractivity contribution in [3.05, 3.63) is 44.5 Å².